The largest absolute Gasteiger partial charge is 0.487 e. The average molecular weight is 306 g/mol. The molecule has 0 spiro atoms. The minimum atomic E-state index is -0.391. The third-order valence-electron chi connectivity index (χ3n) is 4.50. The first-order valence-electron chi connectivity index (χ1n) is 8.00. The van der Waals surface area contributed by atoms with Crippen LogP contribution < -0.4 is 9.64 Å². The van der Waals surface area contributed by atoms with Gasteiger partial charge < -0.3 is 14.4 Å². The normalized spacial score (nSPS) is 24.7. The molecule has 2 atom stereocenters. The van der Waals surface area contributed by atoms with Crippen molar-refractivity contribution in [1.29, 1.82) is 0 Å². The summed E-state index contributed by atoms with van der Waals surface area (Å²) in [5.41, 5.74) is 1.02. The van der Waals surface area contributed by atoms with Gasteiger partial charge in [-0.1, -0.05) is 12.8 Å². The van der Waals surface area contributed by atoms with Crippen molar-refractivity contribution >= 4 is 11.4 Å². The summed E-state index contributed by atoms with van der Waals surface area (Å²) in [6.07, 6.45) is 4.94. The van der Waals surface area contributed by atoms with Crippen LogP contribution in [0.3, 0.4) is 0 Å². The second kappa shape index (κ2) is 6.52. The summed E-state index contributed by atoms with van der Waals surface area (Å²) >= 11 is 0. The first kappa shape index (κ1) is 15.1. The van der Waals surface area contributed by atoms with Gasteiger partial charge in [0.2, 0.25) is 0 Å². The lowest BCUT2D eigenvalue weighted by molar-refractivity contribution is -0.385. The number of ether oxygens (including phenoxy) is 2. The number of anilines is 1. The van der Waals surface area contributed by atoms with Gasteiger partial charge in [0.05, 0.1) is 30.3 Å². The molecule has 1 aliphatic heterocycles. The topological polar surface area (TPSA) is 64.8 Å². The molecule has 0 amide bonds. The van der Waals surface area contributed by atoms with E-state index in [0.717, 1.165) is 25.1 Å². The molecule has 1 saturated heterocycles. The van der Waals surface area contributed by atoms with Crippen molar-refractivity contribution in [2.24, 2.45) is 0 Å². The van der Waals surface area contributed by atoms with Crippen LogP contribution >= 0.6 is 0 Å². The van der Waals surface area contributed by atoms with Crippen molar-refractivity contribution in [3.05, 3.63) is 28.3 Å². The molecule has 0 bridgehead atoms. The van der Waals surface area contributed by atoms with Crippen molar-refractivity contribution in [2.45, 2.75) is 44.8 Å². The number of nitro benzene ring substituents is 1. The molecular weight excluding hydrogens is 284 g/mol. The van der Waals surface area contributed by atoms with Crippen LogP contribution in [0.1, 0.15) is 32.6 Å². The van der Waals surface area contributed by atoms with E-state index in [0.29, 0.717) is 25.0 Å². The molecule has 0 aromatic heterocycles. The molecule has 1 heterocycles. The Hall–Kier alpha value is -1.82. The van der Waals surface area contributed by atoms with E-state index in [1.54, 1.807) is 12.1 Å². The van der Waals surface area contributed by atoms with Crippen molar-refractivity contribution < 1.29 is 14.4 Å². The van der Waals surface area contributed by atoms with Crippen LogP contribution in [0.15, 0.2) is 18.2 Å². The van der Waals surface area contributed by atoms with E-state index in [1.807, 2.05) is 13.0 Å². The van der Waals surface area contributed by atoms with E-state index >= 15 is 0 Å². The molecule has 22 heavy (non-hydrogen) atoms. The molecule has 0 radical (unpaired) electrons. The van der Waals surface area contributed by atoms with Gasteiger partial charge in [0.1, 0.15) is 0 Å². The lowest BCUT2D eigenvalue weighted by Crippen LogP contribution is -2.52. The molecule has 6 nitrogen and oxygen atoms in total. The van der Waals surface area contributed by atoms with E-state index in [2.05, 4.69) is 4.90 Å². The molecular formula is C16H22N2O4. The lowest BCUT2D eigenvalue weighted by Gasteiger charge is -2.45. The van der Waals surface area contributed by atoms with Gasteiger partial charge in [-0.2, -0.15) is 0 Å². The number of benzene rings is 1. The Morgan fingerprint density at radius 3 is 3.00 bits per heavy atom. The van der Waals surface area contributed by atoms with E-state index < -0.39 is 4.92 Å². The van der Waals surface area contributed by atoms with Crippen LogP contribution in [0, 0.1) is 10.1 Å². The van der Waals surface area contributed by atoms with Gasteiger partial charge in [-0.25, -0.2) is 0 Å². The summed E-state index contributed by atoms with van der Waals surface area (Å²) in [4.78, 5) is 13.0. The predicted molar refractivity (Wildman–Crippen MR) is 83.6 cm³/mol. The number of fused-ring (bicyclic) bond motifs is 1. The standard InChI is InChI=1S/C16H22N2O4/c1-2-21-16-11-12(7-8-14(16)18(19)20)17-9-10-22-15-6-4-3-5-13(15)17/h7-8,11,13,15H,2-6,9-10H2,1H3. The number of rotatable bonds is 4. The molecule has 6 heteroatoms. The Morgan fingerprint density at radius 1 is 1.41 bits per heavy atom. The van der Waals surface area contributed by atoms with E-state index in [1.165, 1.54) is 12.8 Å². The molecule has 1 aliphatic carbocycles. The maximum Gasteiger partial charge on any atom is 0.311 e. The van der Waals surface area contributed by atoms with Crippen molar-refractivity contribution in [2.75, 3.05) is 24.7 Å². The summed E-state index contributed by atoms with van der Waals surface area (Å²) in [6.45, 7) is 3.79. The van der Waals surface area contributed by atoms with Crippen molar-refractivity contribution in [3.8, 4) is 5.75 Å². The van der Waals surface area contributed by atoms with Gasteiger partial charge in [-0.05, 0) is 25.8 Å². The number of morpholine rings is 1. The van der Waals surface area contributed by atoms with Gasteiger partial charge in [0.15, 0.2) is 5.75 Å². The second-order valence-corrected chi connectivity index (χ2v) is 5.80. The van der Waals surface area contributed by atoms with Crippen LogP contribution in [0.5, 0.6) is 5.75 Å². The molecule has 120 valence electrons. The fraction of sp³-hybridized carbons (Fsp3) is 0.625. The van der Waals surface area contributed by atoms with Crippen LogP contribution in [-0.4, -0.2) is 36.8 Å². The first-order chi connectivity index (χ1) is 10.7. The van der Waals surface area contributed by atoms with E-state index in [9.17, 15) is 10.1 Å². The van der Waals surface area contributed by atoms with Crippen LogP contribution in [0.4, 0.5) is 11.4 Å². The molecule has 1 saturated carbocycles. The van der Waals surface area contributed by atoms with Crippen molar-refractivity contribution in [1.82, 2.24) is 0 Å². The number of hydrogen-bond acceptors (Lipinski definition) is 5. The molecule has 2 unspecified atom stereocenters. The molecule has 1 aromatic rings. The van der Waals surface area contributed by atoms with Gasteiger partial charge in [-0.15, -0.1) is 0 Å². The fourth-order valence-electron chi connectivity index (χ4n) is 3.52. The summed E-state index contributed by atoms with van der Waals surface area (Å²) in [5, 5.41) is 11.1. The van der Waals surface area contributed by atoms with Gasteiger partial charge in [-0.3, -0.25) is 10.1 Å². The van der Waals surface area contributed by atoms with Crippen LogP contribution in [0.25, 0.3) is 0 Å². The van der Waals surface area contributed by atoms with Crippen molar-refractivity contribution in [3.63, 3.8) is 0 Å². The number of nitrogens with zero attached hydrogens (tertiary/aromatic N) is 2. The third-order valence-corrected chi connectivity index (χ3v) is 4.50. The minimum absolute atomic E-state index is 0.0269. The Bertz CT molecular complexity index is 547. The maximum absolute atomic E-state index is 11.1. The van der Waals surface area contributed by atoms with Gasteiger partial charge in [0, 0.05) is 24.4 Å². The second-order valence-electron chi connectivity index (χ2n) is 5.80. The first-order valence-corrected chi connectivity index (χ1v) is 8.00. The zero-order valence-corrected chi connectivity index (χ0v) is 12.9. The Kier molecular flexibility index (Phi) is 4.47. The quantitative estimate of drug-likeness (QED) is 0.631. The average Bonchev–Trinajstić information content (AvgIpc) is 2.54. The van der Waals surface area contributed by atoms with Gasteiger partial charge >= 0.3 is 5.69 Å². The fourth-order valence-corrected chi connectivity index (χ4v) is 3.52. The Morgan fingerprint density at radius 2 is 2.23 bits per heavy atom. The minimum Gasteiger partial charge on any atom is -0.487 e. The summed E-state index contributed by atoms with van der Waals surface area (Å²) < 4.78 is 11.4. The lowest BCUT2D eigenvalue weighted by atomic mass is 9.90. The number of nitro groups is 1. The summed E-state index contributed by atoms with van der Waals surface area (Å²) in [5.74, 6) is 0.351. The summed E-state index contributed by atoms with van der Waals surface area (Å²) in [7, 11) is 0. The smallest absolute Gasteiger partial charge is 0.311 e. The van der Waals surface area contributed by atoms with Crippen LogP contribution in [0.2, 0.25) is 0 Å². The third kappa shape index (κ3) is 2.88. The predicted octanol–water partition coefficient (Wildman–Crippen LogP) is 3.14. The highest BCUT2D eigenvalue weighted by atomic mass is 16.6. The molecule has 2 fully saturated rings. The summed E-state index contributed by atoms with van der Waals surface area (Å²) in [6, 6.07) is 5.56. The highest BCUT2D eigenvalue weighted by Gasteiger charge is 2.34. The monoisotopic (exact) mass is 306 g/mol. The highest BCUT2D eigenvalue weighted by molar-refractivity contribution is 5.60. The van der Waals surface area contributed by atoms with E-state index in [4.69, 9.17) is 9.47 Å². The highest BCUT2D eigenvalue weighted by Crippen LogP contribution is 2.36. The maximum atomic E-state index is 11.1. The SMILES string of the molecule is CCOc1cc(N2CCOC3CCCCC32)ccc1[N+](=O)[O-]. The van der Waals surface area contributed by atoms with E-state index in [-0.39, 0.29) is 11.8 Å². The Balaban J connectivity index is 1.89. The van der Waals surface area contributed by atoms with Gasteiger partial charge in [0.25, 0.3) is 0 Å². The molecule has 2 aliphatic rings. The molecule has 3 rings (SSSR count). The molecule has 0 N–H and O–H groups in total. The number of hydrogen-bond donors (Lipinski definition) is 0. The zero-order valence-electron chi connectivity index (χ0n) is 12.9. The molecule has 1 aromatic carbocycles. The Labute approximate surface area is 130 Å². The zero-order chi connectivity index (χ0) is 15.5. The van der Waals surface area contributed by atoms with Crippen LogP contribution in [-0.2, 0) is 4.74 Å².